The van der Waals surface area contributed by atoms with Crippen molar-refractivity contribution < 1.29 is 9.53 Å². The van der Waals surface area contributed by atoms with Crippen LogP contribution in [0.15, 0.2) is 48.5 Å². The molecule has 0 aromatic heterocycles. The molecule has 1 aliphatic carbocycles. The summed E-state index contributed by atoms with van der Waals surface area (Å²) >= 11 is 0. The topological polar surface area (TPSA) is 67.6 Å². The molecule has 2 aliphatic rings. The number of rotatable bonds is 6. The molecule has 0 spiro atoms. The monoisotopic (exact) mass is 393 g/mol. The Labute approximate surface area is 173 Å². The number of carbonyl (C=O) groups is 1. The first-order valence-electron chi connectivity index (χ1n) is 10.7. The van der Waals surface area contributed by atoms with Crippen LogP contribution in [-0.2, 0) is 0 Å². The van der Waals surface area contributed by atoms with Gasteiger partial charge in [0.15, 0.2) is 0 Å². The molecule has 1 atom stereocenters. The number of carbonyl (C=O) groups excluding carboxylic acids is 1. The lowest BCUT2D eigenvalue weighted by Crippen LogP contribution is -2.31. The number of nitrogens with one attached hydrogen (secondary N) is 1. The van der Waals surface area contributed by atoms with Crippen LogP contribution in [0.4, 0.5) is 11.4 Å². The fourth-order valence-corrected chi connectivity index (χ4v) is 4.00. The quantitative estimate of drug-likeness (QED) is 0.706. The van der Waals surface area contributed by atoms with Gasteiger partial charge in [-0.05, 0) is 80.5 Å². The van der Waals surface area contributed by atoms with Gasteiger partial charge < -0.3 is 20.7 Å². The number of hydrogen-bond donors (Lipinski definition) is 2. The number of ether oxygens (including phenoxy) is 1. The second-order valence-electron chi connectivity index (χ2n) is 8.82. The summed E-state index contributed by atoms with van der Waals surface area (Å²) in [4.78, 5) is 15.1. The van der Waals surface area contributed by atoms with Gasteiger partial charge in [0.05, 0.1) is 17.5 Å². The molecule has 1 aliphatic heterocycles. The highest BCUT2D eigenvalue weighted by molar-refractivity contribution is 6.05. The molecule has 2 aromatic carbocycles. The average molecular weight is 394 g/mol. The van der Waals surface area contributed by atoms with E-state index in [9.17, 15) is 4.79 Å². The van der Waals surface area contributed by atoms with Crippen molar-refractivity contribution in [3.8, 4) is 5.75 Å². The molecule has 5 nitrogen and oxygen atoms in total. The van der Waals surface area contributed by atoms with Gasteiger partial charge in [0.1, 0.15) is 5.75 Å². The number of nitrogens with zero attached hydrogens (tertiary/aromatic N) is 1. The standard InChI is InChI=1S/C24H31N3O2/c1-24(13-14-24)17-27-15-4-5-19(12-16-27)29-20-10-8-18(9-11-20)23(28)26-22-7-3-2-6-21(22)25/h2-3,6-11,19H,4-5,12-17,25H2,1H3,(H,26,28). The molecule has 2 aromatic rings. The molecule has 3 N–H and O–H groups in total. The van der Waals surface area contributed by atoms with E-state index >= 15 is 0 Å². The first-order valence-corrected chi connectivity index (χ1v) is 10.7. The lowest BCUT2D eigenvalue weighted by Gasteiger charge is -2.23. The van der Waals surface area contributed by atoms with Crippen LogP contribution in [0.2, 0.25) is 0 Å². The van der Waals surface area contributed by atoms with Crippen molar-refractivity contribution in [2.24, 2.45) is 5.41 Å². The van der Waals surface area contributed by atoms with Crippen LogP contribution in [0.1, 0.15) is 49.4 Å². The Morgan fingerprint density at radius 1 is 1.14 bits per heavy atom. The van der Waals surface area contributed by atoms with E-state index < -0.39 is 0 Å². The van der Waals surface area contributed by atoms with Gasteiger partial charge in [-0.25, -0.2) is 0 Å². The largest absolute Gasteiger partial charge is 0.490 e. The van der Waals surface area contributed by atoms with E-state index in [1.807, 2.05) is 24.3 Å². The van der Waals surface area contributed by atoms with Gasteiger partial charge in [-0.3, -0.25) is 4.79 Å². The normalized spacial score (nSPS) is 21.2. The van der Waals surface area contributed by atoms with Gasteiger partial charge in [-0.2, -0.15) is 0 Å². The van der Waals surface area contributed by atoms with Crippen LogP contribution in [0.3, 0.4) is 0 Å². The molecule has 5 heteroatoms. The Bertz CT molecular complexity index is 845. The van der Waals surface area contributed by atoms with Crippen LogP contribution in [0.25, 0.3) is 0 Å². The highest BCUT2D eigenvalue weighted by Crippen LogP contribution is 2.45. The van der Waals surface area contributed by atoms with Crippen molar-refractivity contribution in [1.82, 2.24) is 4.90 Å². The van der Waals surface area contributed by atoms with Crippen molar-refractivity contribution in [2.75, 3.05) is 30.7 Å². The minimum Gasteiger partial charge on any atom is -0.490 e. The Morgan fingerprint density at radius 2 is 1.90 bits per heavy atom. The number of hydrogen-bond acceptors (Lipinski definition) is 4. The molecule has 1 saturated carbocycles. The summed E-state index contributed by atoms with van der Waals surface area (Å²) in [6, 6.07) is 14.6. The average Bonchev–Trinajstić information content (AvgIpc) is 3.48. The number of anilines is 2. The van der Waals surface area contributed by atoms with E-state index in [0.717, 1.165) is 25.1 Å². The zero-order chi connectivity index (χ0) is 20.3. The predicted octanol–water partition coefficient (Wildman–Crippen LogP) is 4.55. The molecule has 154 valence electrons. The van der Waals surface area contributed by atoms with Crippen molar-refractivity contribution in [3.05, 3.63) is 54.1 Å². The highest BCUT2D eigenvalue weighted by atomic mass is 16.5. The van der Waals surface area contributed by atoms with E-state index in [4.69, 9.17) is 10.5 Å². The van der Waals surface area contributed by atoms with Crippen molar-refractivity contribution in [1.29, 1.82) is 0 Å². The lowest BCUT2D eigenvalue weighted by molar-refractivity contribution is 0.102. The third-order valence-electron chi connectivity index (χ3n) is 6.10. The second-order valence-corrected chi connectivity index (χ2v) is 8.82. The van der Waals surface area contributed by atoms with E-state index in [-0.39, 0.29) is 12.0 Å². The third kappa shape index (κ3) is 5.30. The van der Waals surface area contributed by atoms with Gasteiger partial charge in [0.25, 0.3) is 5.91 Å². The Hall–Kier alpha value is -2.53. The minimum absolute atomic E-state index is 0.173. The molecule has 29 heavy (non-hydrogen) atoms. The summed E-state index contributed by atoms with van der Waals surface area (Å²) in [7, 11) is 0. The summed E-state index contributed by atoms with van der Waals surface area (Å²) in [5.74, 6) is 0.654. The Morgan fingerprint density at radius 3 is 2.62 bits per heavy atom. The molecule has 1 amide bonds. The Balaban J connectivity index is 1.30. The molecule has 1 saturated heterocycles. The van der Waals surface area contributed by atoms with Crippen molar-refractivity contribution in [3.63, 3.8) is 0 Å². The van der Waals surface area contributed by atoms with Gasteiger partial charge in [0.2, 0.25) is 0 Å². The van der Waals surface area contributed by atoms with Crippen molar-refractivity contribution in [2.45, 2.75) is 45.1 Å². The number of benzene rings is 2. The molecule has 0 bridgehead atoms. The van der Waals surface area contributed by atoms with E-state index in [0.29, 0.717) is 22.4 Å². The molecule has 0 radical (unpaired) electrons. The number of para-hydroxylation sites is 2. The van der Waals surface area contributed by atoms with Crippen LogP contribution in [0, 0.1) is 5.41 Å². The van der Waals surface area contributed by atoms with Gasteiger partial charge >= 0.3 is 0 Å². The van der Waals surface area contributed by atoms with E-state index in [1.54, 1.807) is 24.3 Å². The fourth-order valence-electron chi connectivity index (χ4n) is 4.00. The molecule has 1 unspecified atom stereocenters. The summed E-state index contributed by atoms with van der Waals surface area (Å²) in [6.07, 6.45) is 6.32. The highest BCUT2D eigenvalue weighted by Gasteiger charge is 2.38. The zero-order valence-corrected chi connectivity index (χ0v) is 17.2. The molecule has 4 rings (SSSR count). The summed E-state index contributed by atoms with van der Waals surface area (Å²) < 4.78 is 6.22. The molecular formula is C24H31N3O2. The van der Waals surface area contributed by atoms with Gasteiger partial charge in [-0.1, -0.05) is 19.1 Å². The predicted molar refractivity (Wildman–Crippen MR) is 117 cm³/mol. The number of nitrogen functional groups attached to an aromatic ring is 1. The summed E-state index contributed by atoms with van der Waals surface area (Å²) in [5, 5.41) is 2.85. The maximum atomic E-state index is 12.5. The third-order valence-corrected chi connectivity index (χ3v) is 6.10. The maximum absolute atomic E-state index is 12.5. The SMILES string of the molecule is CC1(CN2CCCC(Oc3ccc(C(=O)Nc4ccccc4N)cc3)CC2)CC1. The second kappa shape index (κ2) is 8.46. The Kier molecular flexibility index (Phi) is 5.76. The van der Waals surface area contributed by atoms with Crippen LogP contribution < -0.4 is 15.8 Å². The minimum atomic E-state index is -0.173. The van der Waals surface area contributed by atoms with E-state index in [2.05, 4.69) is 17.1 Å². The van der Waals surface area contributed by atoms with Crippen LogP contribution in [0.5, 0.6) is 5.75 Å². The van der Waals surface area contributed by atoms with Gasteiger partial charge in [-0.15, -0.1) is 0 Å². The number of likely N-dealkylation sites (tertiary alicyclic amines) is 1. The zero-order valence-electron chi connectivity index (χ0n) is 17.2. The number of amides is 1. The van der Waals surface area contributed by atoms with E-state index in [1.165, 1.54) is 32.4 Å². The molecule has 2 fully saturated rings. The van der Waals surface area contributed by atoms with Crippen LogP contribution >= 0.6 is 0 Å². The maximum Gasteiger partial charge on any atom is 0.255 e. The smallest absolute Gasteiger partial charge is 0.255 e. The summed E-state index contributed by atoms with van der Waals surface area (Å²) in [6.45, 7) is 5.92. The number of nitrogens with two attached hydrogens (primary N) is 1. The first-order chi connectivity index (χ1) is 14.0. The van der Waals surface area contributed by atoms with Crippen molar-refractivity contribution >= 4 is 17.3 Å². The molecule has 1 heterocycles. The summed E-state index contributed by atoms with van der Waals surface area (Å²) in [5.41, 5.74) is 8.24. The first kappa shape index (κ1) is 19.8. The fraction of sp³-hybridized carbons (Fsp3) is 0.458. The lowest BCUT2D eigenvalue weighted by atomic mass is 10.1. The molecular weight excluding hydrogens is 362 g/mol. The van der Waals surface area contributed by atoms with Crippen LogP contribution in [-0.4, -0.2) is 36.5 Å². The van der Waals surface area contributed by atoms with Gasteiger partial charge in [0, 0.05) is 18.7 Å².